The lowest BCUT2D eigenvalue weighted by atomic mass is 9.63. The predicted molar refractivity (Wildman–Crippen MR) is 167 cm³/mol. The zero-order valence-corrected chi connectivity index (χ0v) is 25.8. The SMILES string of the molecule is CC(=O)N[C@@H](CC[C@H](Cc1ccc(F)cc1)C(=O)N1CCC(Cn2cncn2)(C2CCCCC2)CC1)Cc1ccc(O)cc1. The van der Waals surface area contributed by atoms with Gasteiger partial charge in [0, 0.05) is 38.5 Å². The average molecular weight is 604 g/mol. The number of nitrogens with one attached hydrogen (secondary N) is 1. The van der Waals surface area contributed by atoms with Crippen molar-refractivity contribution in [1.82, 2.24) is 25.0 Å². The molecule has 0 unspecified atom stereocenters. The number of carbonyl (C=O) groups excluding carboxylic acids is 2. The highest BCUT2D eigenvalue weighted by Crippen LogP contribution is 2.47. The van der Waals surface area contributed by atoms with Gasteiger partial charge in [-0.3, -0.25) is 14.3 Å². The Labute approximate surface area is 260 Å². The fraction of sp³-hybridized carbons (Fsp3) is 0.543. The Hall–Kier alpha value is -3.75. The Kier molecular flexibility index (Phi) is 10.7. The first kappa shape index (κ1) is 31.7. The second-order valence-electron chi connectivity index (χ2n) is 13.0. The zero-order chi connectivity index (χ0) is 30.9. The molecule has 3 aromatic rings. The maximum atomic E-state index is 14.2. The van der Waals surface area contributed by atoms with E-state index in [0.717, 1.165) is 30.5 Å². The lowest BCUT2D eigenvalue weighted by Crippen LogP contribution is -2.50. The number of hydrogen-bond donors (Lipinski definition) is 2. The smallest absolute Gasteiger partial charge is 0.226 e. The van der Waals surface area contributed by atoms with Crippen molar-refractivity contribution in [2.75, 3.05) is 13.1 Å². The molecule has 8 nitrogen and oxygen atoms in total. The molecule has 2 aromatic carbocycles. The van der Waals surface area contributed by atoms with Crippen molar-refractivity contribution in [2.24, 2.45) is 17.3 Å². The van der Waals surface area contributed by atoms with E-state index in [0.29, 0.717) is 44.7 Å². The van der Waals surface area contributed by atoms with Crippen LogP contribution in [0.1, 0.15) is 75.8 Å². The van der Waals surface area contributed by atoms with Gasteiger partial charge in [0.15, 0.2) is 0 Å². The van der Waals surface area contributed by atoms with Crippen LogP contribution in [0.15, 0.2) is 61.2 Å². The van der Waals surface area contributed by atoms with Gasteiger partial charge < -0.3 is 15.3 Å². The number of aromatic nitrogens is 3. The van der Waals surface area contributed by atoms with E-state index in [-0.39, 0.29) is 40.8 Å². The lowest BCUT2D eigenvalue weighted by molar-refractivity contribution is -0.139. The summed E-state index contributed by atoms with van der Waals surface area (Å²) in [6, 6.07) is 13.3. The number of amides is 2. The normalized spacial score (nSPS) is 18.5. The Morgan fingerprint density at radius 1 is 0.977 bits per heavy atom. The number of nitrogens with zero attached hydrogens (tertiary/aromatic N) is 4. The van der Waals surface area contributed by atoms with Crippen molar-refractivity contribution in [3.63, 3.8) is 0 Å². The van der Waals surface area contributed by atoms with Crippen LogP contribution in [0.25, 0.3) is 0 Å². The van der Waals surface area contributed by atoms with Gasteiger partial charge in [0.05, 0.1) is 0 Å². The molecule has 2 atom stereocenters. The highest BCUT2D eigenvalue weighted by Gasteiger charge is 2.43. The molecule has 44 heavy (non-hydrogen) atoms. The minimum absolute atomic E-state index is 0.109. The Morgan fingerprint density at radius 2 is 1.64 bits per heavy atom. The monoisotopic (exact) mass is 603 g/mol. The van der Waals surface area contributed by atoms with Gasteiger partial charge in [0.1, 0.15) is 24.2 Å². The summed E-state index contributed by atoms with van der Waals surface area (Å²) in [4.78, 5) is 32.5. The summed E-state index contributed by atoms with van der Waals surface area (Å²) >= 11 is 0. The molecule has 9 heteroatoms. The van der Waals surface area contributed by atoms with Gasteiger partial charge in [-0.25, -0.2) is 9.37 Å². The standard InChI is InChI=1S/C35H46FN5O3/c1-26(42)39-32(22-28-9-15-33(43)16-10-28)14-11-29(21-27-7-12-31(36)13-8-27)34(44)40-19-17-35(18-20-40,23-41-25-37-24-38-41)30-5-3-2-4-6-30/h7-10,12-13,15-16,24-25,29-30,32,43H,2-6,11,14,17-23H2,1H3,(H,39,42)/t29-,32+/m1/s1. The number of likely N-dealkylation sites (tertiary alicyclic amines) is 1. The number of hydrogen-bond acceptors (Lipinski definition) is 5. The second-order valence-corrected chi connectivity index (χ2v) is 13.0. The zero-order valence-electron chi connectivity index (χ0n) is 25.8. The van der Waals surface area contributed by atoms with E-state index in [1.807, 2.05) is 28.0 Å². The molecular weight excluding hydrogens is 557 g/mol. The van der Waals surface area contributed by atoms with Gasteiger partial charge in [-0.2, -0.15) is 5.10 Å². The highest BCUT2D eigenvalue weighted by atomic mass is 19.1. The Bertz CT molecular complexity index is 1330. The lowest BCUT2D eigenvalue weighted by Gasteiger charge is -2.48. The molecule has 1 aliphatic carbocycles. The Morgan fingerprint density at radius 3 is 2.27 bits per heavy atom. The minimum atomic E-state index is -0.293. The number of rotatable bonds is 12. The number of carbonyl (C=O) groups is 2. The quantitative estimate of drug-likeness (QED) is 0.277. The van der Waals surface area contributed by atoms with Crippen LogP contribution in [-0.4, -0.2) is 55.7 Å². The summed E-state index contributed by atoms with van der Waals surface area (Å²) in [5, 5.41) is 17.2. The van der Waals surface area contributed by atoms with Crippen LogP contribution >= 0.6 is 0 Å². The van der Waals surface area contributed by atoms with Crippen LogP contribution in [-0.2, 0) is 29.0 Å². The number of halogens is 1. The fourth-order valence-electron chi connectivity index (χ4n) is 7.53. The maximum absolute atomic E-state index is 14.2. The van der Waals surface area contributed by atoms with Crippen molar-refractivity contribution >= 4 is 11.8 Å². The summed E-state index contributed by atoms with van der Waals surface area (Å²) in [6.45, 7) is 3.78. The van der Waals surface area contributed by atoms with Crippen LogP contribution in [0, 0.1) is 23.1 Å². The van der Waals surface area contributed by atoms with Gasteiger partial charge >= 0.3 is 0 Å². The molecule has 2 fully saturated rings. The van der Waals surface area contributed by atoms with E-state index in [9.17, 15) is 19.1 Å². The summed E-state index contributed by atoms with van der Waals surface area (Å²) in [7, 11) is 0. The topological polar surface area (TPSA) is 100 Å². The van der Waals surface area contributed by atoms with Crippen LogP contribution < -0.4 is 5.32 Å². The fourth-order valence-corrected chi connectivity index (χ4v) is 7.53. The van der Waals surface area contributed by atoms with Gasteiger partial charge in [-0.1, -0.05) is 43.5 Å². The van der Waals surface area contributed by atoms with Crippen molar-refractivity contribution in [2.45, 2.75) is 90.1 Å². The molecule has 1 aromatic heterocycles. The van der Waals surface area contributed by atoms with Gasteiger partial charge in [0.25, 0.3) is 0 Å². The Balaban J connectivity index is 1.30. The van der Waals surface area contributed by atoms with Crippen molar-refractivity contribution in [3.05, 3.63) is 78.1 Å². The summed E-state index contributed by atoms with van der Waals surface area (Å²) in [5.74, 6) is 0.278. The van der Waals surface area contributed by atoms with Gasteiger partial charge in [-0.15, -0.1) is 0 Å². The molecule has 2 heterocycles. The number of phenolic OH excluding ortho intramolecular Hbond substituents is 1. The van der Waals surface area contributed by atoms with Crippen LogP contribution in [0.4, 0.5) is 4.39 Å². The van der Waals surface area contributed by atoms with Gasteiger partial charge in [-0.05, 0) is 98.1 Å². The molecular formula is C35H46FN5O3. The first-order valence-electron chi connectivity index (χ1n) is 16.2. The molecule has 0 bridgehead atoms. The first-order chi connectivity index (χ1) is 21.3. The first-order valence-corrected chi connectivity index (χ1v) is 16.2. The summed E-state index contributed by atoms with van der Waals surface area (Å²) in [5.41, 5.74) is 2.04. The summed E-state index contributed by atoms with van der Waals surface area (Å²) < 4.78 is 15.7. The second kappa shape index (κ2) is 14.8. The molecule has 1 aliphatic heterocycles. The molecule has 0 radical (unpaired) electrons. The molecule has 236 valence electrons. The third-order valence-corrected chi connectivity index (χ3v) is 9.92. The number of benzene rings is 2. The molecule has 5 rings (SSSR count). The van der Waals surface area contributed by atoms with Crippen molar-refractivity contribution < 1.29 is 19.1 Å². The number of piperidine rings is 1. The van der Waals surface area contributed by atoms with Crippen LogP contribution in [0.2, 0.25) is 0 Å². The van der Waals surface area contributed by atoms with Crippen molar-refractivity contribution in [3.8, 4) is 5.75 Å². The maximum Gasteiger partial charge on any atom is 0.226 e. The van der Waals surface area contributed by atoms with Crippen molar-refractivity contribution in [1.29, 1.82) is 0 Å². The van der Waals surface area contributed by atoms with Crippen LogP contribution in [0.3, 0.4) is 0 Å². The molecule has 2 amide bonds. The molecule has 0 spiro atoms. The van der Waals surface area contributed by atoms with Crippen LogP contribution in [0.5, 0.6) is 5.75 Å². The molecule has 1 saturated heterocycles. The summed E-state index contributed by atoms with van der Waals surface area (Å²) in [6.07, 6.45) is 14.0. The number of phenols is 1. The van der Waals surface area contributed by atoms with E-state index < -0.39 is 0 Å². The van der Waals surface area contributed by atoms with E-state index in [1.54, 1.807) is 30.6 Å². The van der Waals surface area contributed by atoms with E-state index in [2.05, 4.69) is 15.4 Å². The van der Waals surface area contributed by atoms with E-state index in [4.69, 9.17) is 0 Å². The van der Waals surface area contributed by atoms with E-state index in [1.165, 1.54) is 51.2 Å². The largest absolute Gasteiger partial charge is 0.508 e. The predicted octanol–water partition coefficient (Wildman–Crippen LogP) is 5.70. The highest BCUT2D eigenvalue weighted by molar-refractivity contribution is 5.79. The molecule has 1 saturated carbocycles. The molecule has 2 aliphatic rings. The average Bonchev–Trinajstić information content (AvgIpc) is 3.54. The number of aromatic hydroxyl groups is 1. The third kappa shape index (κ3) is 8.45. The molecule has 2 N–H and O–H groups in total. The third-order valence-electron chi connectivity index (χ3n) is 9.92. The van der Waals surface area contributed by atoms with E-state index >= 15 is 0 Å². The van der Waals surface area contributed by atoms with Gasteiger partial charge in [0.2, 0.25) is 11.8 Å². The minimum Gasteiger partial charge on any atom is -0.508 e.